The number of nitrogens with zero attached hydrogens (tertiary/aromatic N) is 3. The molecular weight excluding hydrogens is 363 g/mol. The first-order valence-corrected chi connectivity index (χ1v) is 8.83. The Balaban J connectivity index is 0.00000288. The van der Waals surface area contributed by atoms with Gasteiger partial charge in [-0.15, -0.1) is 24.8 Å². The lowest BCUT2D eigenvalue weighted by molar-refractivity contribution is -0.138. The summed E-state index contributed by atoms with van der Waals surface area (Å²) in [6, 6.07) is -0.468. The Morgan fingerprint density at radius 1 is 0.880 bits per heavy atom. The van der Waals surface area contributed by atoms with Crippen LogP contribution in [0.2, 0.25) is 0 Å². The molecule has 25 heavy (non-hydrogen) atoms. The van der Waals surface area contributed by atoms with E-state index in [4.69, 9.17) is 5.73 Å². The predicted octanol–water partition coefficient (Wildman–Crippen LogP) is 1.36. The molecule has 0 saturated carbocycles. The number of carbonyl (C=O) groups is 2. The van der Waals surface area contributed by atoms with Crippen LogP contribution in [0.1, 0.15) is 40.0 Å². The van der Waals surface area contributed by atoms with Crippen molar-refractivity contribution in [3.8, 4) is 0 Å². The third-order valence-electron chi connectivity index (χ3n) is 4.95. The van der Waals surface area contributed by atoms with E-state index in [2.05, 4.69) is 4.90 Å². The van der Waals surface area contributed by atoms with Crippen LogP contribution in [0, 0.1) is 5.41 Å². The van der Waals surface area contributed by atoms with E-state index >= 15 is 0 Å². The molecule has 2 fully saturated rings. The standard InChI is InChI=1S/C17H32N4O2.2ClH/c1-17(2,3)15(18)16(23)21-11-9-19(10-12-21)13-14(22)20-7-5-4-6-8-20;;/h15H,4-13,18H2,1-3H3;2*1H/t15-;;/m1../s1. The SMILES string of the molecule is CC(C)(C)[C@H](N)C(=O)N1CCN(CC(=O)N2CCCCC2)CC1.Cl.Cl. The zero-order valence-electron chi connectivity index (χ0n) is 15.7. The first kappa shape index (κ1) is 24.4. The first-order chi connectivity index (χ1) is 10.8. The number of likely N-dealkylation sites (tertiary alicyclic amines) is 1. The van der Waals surface area contributed by atoms with E-state index < -0.39 is 6.04 Å². The number of hydrogen-bond acceptors (Lipinski definition) is 4. The minimum absolute atomic E-state index is 0. The molecule has 0 spiro atoms. The summed E-state index contributed by atoms with van der Waals surface area (Å²) in [5.74, 6) is 0.260. The highest BCUT2D eigenvalue weighted by atomic mass is 35.5. The normalized spacial score (nSPS) is 20.3. The Bertz CT molecular complexity index is 429. The van der Waals surface area contributed by atoms with Gasteiger partial charge in [-0.1, -0.05) is 20.8 Å². The zero-order valence-corrected chi connectivity index (χ0v) is 17.3. The van der Waals surface area contributed by atoms with Crippen LogP contribution in [0.3, 0.4) is 0 Å². The molecule has 0 unspecified atom stereocenters. The molecule has 2 N–H and O–H groups in total. The summed E-state index contributed by atoms with van der Waals surface area (Å²) in [6.45, 7) is 11.1. The highest BCUT2D eigenvalue weighted by molar-refractivity contribution is 5.85. The van der Waals surface area contributed by atoms with Crippen molar-refractivity contribution in [2.45, 2.75) is 46.1 Å². The number of hydrogen-bond donors (Lipinski definition) is 1. The molecule has 2 aliphatic heterocycles. The van der Waals surface area contributed by atoms with Crippen LogP contribution in [0.15, 0.2) is 0 Å². The Labute approximate surface area is 164 Å². The van der Waals surface area contributed by atoms with Crippen molar-refractivity contribution in [2.24, 2.45) is 11.1 Å². The number of amides is 2. The molecule has 0 aromatic carbocycles. The number of carbonyl (C=O) groups excluding carboxylic acids is 2. The van der Waals surface area contributed by atoms with E-state index in [9.17, 15) is 9.59 Å². The van der Waals surface area contributed by atoms with E-state index in [-0.39, 0.29) is 42.0 Å². The summed E-state index contributed by atoms with van der Waals surface area (Å²) in [7, 11) is 0. The molecule has 0 aromatic heterocycles. The third kappa shape index (κ3) is 6.93. The molecule has 1 atom stereocenters. The molecular formula is C17H34Cl2N4O2. The van der Waals surface area contributed by atoms with Crippen LogP contribution >= 0.6 is 24.8 Å². The van der Waals surface area contributed by atoms with Crippen molar-refractivity contribution in [3.63, 3.8) is 0 Å². The van der Waals surface area contributed by atoms with Gasteiger partial charge in [0.25, 0.3) is 0 Å². The van der Waals surface area contributed by atoms with Gasteiger partial charge < -0.3 is 15.5 Å². The molecule has 2 amide bonds. The van der Waals surface area contributed by atoms with Gasteiger partial charge in [-0.3, -0.25) is 14.5 Å². The number of rotatable bonds is 3. The minimum atomic E-state index is -0.468. The van der Waals surface area contributed by atoms with Gasteiger partial charge in [0.1, 0.15) is 0 Å². The zero-order chi connectivity index (χ0) is 17.0. The summed E-state index contributed by atoms with van der Waals surface area (Å²) in [5, 5.41) is 0. The van der Waals surface area contributed by atoms with Crippen molar-refractivity contribution in [3.05, 3.63) is 0 Å². The van der Waals surface area contributed by atoms with Crippen LogP contribution in [0.5, 0.6) is 0 Å². The van der Waals surface area contributed by atoms with Gasteiger partial charge in [-0.2, -0.15) is 0 Å². The maximum absolute atomic E-state index is 12.4. The molecule has 0 radical (unpaired) electrons. The Kier molecular flexibility index (Phi) is 10.3. The van der Waals surface area contributed by atoms with Crippen molar-refractivity contribution < 1.29 is 9.59 Å². The second-order valence-electron chi connectivity index (χ2n) is 7.89. The lowest BCUT2D eigenvalue weighted by Crippen LogP contribution is -2.57. The van der Waals surface area contributed by atoms with Crippen molar-refractivity contribution >= 4 is 36.6 Å². The predicted molar refractivity (Wildman–Crippen MR) is 105 cm³/mol. The fourth-order valence-electron chi connectivity index (χ4n) is 3.13. The van der Waals surface area contributed by atoms with Crippen LogP contribution in [-0.2, 0) is 9.59 Å². The number of halogens is 2. The molecule has 6 nitrogen and oxygen atoms in total. The molecule has 2 aliphatic rings. The summed E-state index contributed by atoms with van der Waals surface area (Å²) >= 11 is 0. The van der Waals surface area contributed by atoms with Crippen molar-refractivity contribution in [2.75, 3.05) is 45.8 Å². The van der Waals surface area contributed by atoms with Gasteiger partial charge in [0, 0.05) is 39.3 Å². The quantitative estimate of drug-likeness (QED) is 0.781. The summed E-state index contributed by atoms with van der Waals surface area (Å²) in [5.41, 5.74) is 5.85. The van der Waals surface area contributed by atoms with Crippen molar-refractivity contribution in [1.82, 2.24) is 14.7 Å². The molecule has 0 aromatic rings. The van der Waals surface area contributed by atoms with Crippen LogP contribution in [-0.4, -0.2) is 78.4 Å². The molecule has 0 bridgehead atoms. The van der Waals surface area contributed by atoms with E-state index in [1.54, 1.807) is 0 Å². The number of piperazine rings is 1. The maximum Gasteiger partial charge on any atom is 0.240 e. The van der Waals surface area contributed by atoms with E-state index in [1.807, 2.05) is 30.6 Å². The molecule has 148 valence electrons. The van der Waals surface area contributed by atoms with Gasteiger partial charge in [0.15, 0.2) is 0 Å². The summed E-state index contributed by atoms with van der Waals surface area (Å²) < 4.78 is 0. The van der Waals surface area contributed by atoms with Crippen LogP contribution in [0.4, 0.5) is 0 Å². The van der Waals surface area contributed by atoms with Gasteiger partial charge >= 0.3 is 0 Å². The molecule has 0 aliphatic carbocycles. The highest BCUT2D eigenvalue weighted by Gasteiger charge is 2.33. The second-order valence-corrected chi connectivity index (χ2v) is 7.89. The lowest BCUT2D eigenvalue weighted by Gasteiger charge is -2.38. The Hall–Kier alpha value is -0.560. The van der Waals surface area contributed by atoms with Gasteiger partial charge in [-0.25, -0.2) is 0 Å². The topological polar surface area (TPSA) is 69.9 Å². The third-order valence-corrected chi connectivity index (χ3v) is 4.95. The largest absolute Gasteiger partial charge is 0.342 e. The Morgan fingerprint density at radius 3 is 1.88 bits per heavy atom. The van der Waals surface area contributed by atoms with Crippen LogP contribution in [0.25, 0.3) is 0 Å². The first-order valence-electron chi connectivity index (χ1n) is 8.83. The summed E-state index contributed by atoms with van der Waals surface area (Å²) in [6.07, 6.45) is 3.48. The summed E-state index contributed by atoms with van der Waals surface area (Å²) in [4.78, 5) is 30.7. The molecule has 2 saturated heterocycles. The number of nitrogens with two attached hydrogens (primary N) is 1. The fourth-order valence-corrected chi connectivity index (χ4v) is 3.13. The lowest BCUT2D eigenvalue weighted by atomic mass is 9.86. The minimum Gasteiger partial charge on any atom is -0.342 e. The highest BCUT2D eigenvalue weighted by Crippen LogP contribution is 2.19. The average molecular weight is 397 g/mol. The van der Waals surface area contributed by atoms with E-state index in [1.165, 1.54) is 6.42 Å². The van der Waals surface area contributed by atoms with Gasteiger partial charge in [0.05, 0.1) is 12.6 Å². The van der Waals surface area contributed by atoms with Gasteiger partial charge in [-0.05, 0) is 24.7 Å². The fraction of sp³-hybridized carbons (Fsp3) is 0.882. The Morgan fingerprint density at radius 2 is 1.40 bits per heavy atom. The van der Waals surface area contributed by atoms with Gasteiger partial charge in [0.2, 0.25) is 11.8 Å². The molecule has 8 heteroatoms. The van der Waals surface area contributed by atoms with Crippen molar-refractivity contribution in [1.29, 1.82) is 0 Å². The smallest absolute Gasteiger partial charge is 0.240 e. The van der Waals surface area contributed by atoms with E-state index in [0.29, 0.717) is 19.6 Å². The number of piperidine rings is 1. The van der Waals surface area contributed by atoms with E-state index in [0.717, 1.165) is 39.0 Å². The van der Waals surface area contributed by atoms with Crippen LogP contribution < -0.4 is 5.73 Å². The average Bonchev–Trinajstić information content (AvgIpc) is 2.54. The molecule has 2 heterocycles. The second kappa shape index (κ2) is 10.6. The monoisotopic (exact) mass is 396 g/mol. The molecule has 2 rings (SSSR count). The maximum atomic E-state index is 12.4.